The highest BCUT2D eigenvalue weighted by molar-refractivity contribution is 5.92. The Bertz CT molecular complexity index is 793. The average Bonchev–Trinajstić information content (AvgIpc) is 3.02. The highest BCUT2D eigenvalue weighted by atomic mass is 16.5. The number of rotatable bonds is 6. The van der Waals surface area contributed by atoms with E-state index in [2.05, 4.69) is 15.1 Å². The molecule has 0 saturated carbocycles. The molecule has 1 fully saturated rings. The maximum Gasteiger partial charge on any atom is 0.345 e. The SMILES string of the molecule is CCn1c(C2CCN(C(=O)c3cnccn3)CC2)nn(CCOC)c1=O. The number of hydrogen-bond donors (Lipinski definition) is 0. The molecule has 3 heterocycles. The predicted molar refractivity (Wildman–Crippen MR) is 93.9 cm³/mol. The second-order valence-corrected chi connectivity index (χ2v) is 6.26. The first-order chi connectivity index (χ1) is 12.7. The number of methoxy groups -OCH3 is 1. The number of amides is 1. The van der Waals surface area contributed by atoms with Crippen LogP contribution < -0.4 is 5.69 Å². The monoisotopic (exact) mass is 360 g/mol. The van der Waals surface area contributed by atoms with E-state index in [1.54, 1.807) is 22.8 Å². The lowest BCUT2D eigenvalue weighted by Gasteiger charge is -2.31. The molecule has 3 rings (SSSR count). The fraction of sp³-hybridized carbons (Fsp3) is 0.588. The van der Waals surface area contributed by atoms with Gasteiger partial charge in [-0.2, -0.15) is 5.10 Å². The molecule has 1 aliphatic heterocycles. The smallest absolute Gasteiger partial charge is 0.345 e. The van der Waals surface area contributed by atoms with Crippen LogP contribution in [0.25, 0.3) is 0 Å². The van der Waals surface area contributed by atoms with Crippen LogP contribution in [0.2, 0.25) is 0 Å². The molecule has 9 nitrogen and oxygen atoms in total. The van der Waals surface area contributed by atoms with Crippen LogP contribution >= 0.6 is 0 Å². The standard InChI is InChI=1S/C17H24N6O3/c1-3-22-15(20-23(17(22)25)10-11-26-2)13-4-8-21(9-5-13)16(24)14-12-18-6-7-19-14/h6-7,12-13H,3-5,8-11H2,1-2H3. The van der Waals surface area contributed by atoms with Crippen LogP contribution in [0.5, 0.6) is 0 Å². The Morgan fingerprint density at radius 3 is 2.69 bits per heavy atom. The summed E-state index contributed by atoms with van der Waals surface area (Å²) in [6.07, 6.45) is 6.10. The van der Waals surface area contributed by atoms with Gasteiger partial charge in [0.2, 0.25) is 0 Å². The first-order valence-electron chi connectivity index (χ1n) is 8.87. The third-order valence-corrected chi connectivity index (χ3v) is 4.70. The predicted octanol–water partition coefficient (Wildman–Crippen LogP) is 0.521. The zero-order chi connectivity index (χ0) is 18.5. The normalized spacial score (nSPS) is 15.4. The van der Waals surface area contributed by atoms with Crippen molar-refractivity contribution >= 4 is 5.91 Å². The summed E-state index contributed by atoms with van der Waals surface area (Å²) in [5, 5.41) is 4.53. The van der Waals surface area contributed by atoms with Gasteiger partial charge in [0.05, 0.1) is 19.3 Å². The van der Waals surface area contributed by atoms with Crippen LogP contribution in [0.4, 0.5) is 0 Å². The van der Waals surface area contributed by atoms with Crippen molar-refractivity contribution in [2.45, 2.75) is 38.8 Å². The van der Waals surface area contributed by atoms with Gasteiger partial charge < -0.3 is 9.64 Å². The van der Waals surface area contributed by atoms with Gasteiger partial charge in [0.15, 0.2) is 0 Å². The summed E-state index contributed by atoms with van der Waals surface area (Å²) in [7, 11) is 1.60. The maximum atomic E-state index is 12.5. The summed E-state index contributed by atoms with van der Waals surface area (Å²) in [5.41, 5.74) is 0.262. The molecule has 0 N–H and O–H groups in total. The van der Waals surface area contributed by atoms with E-state index in [4.69, 9.17) is 4.74 Å². The number of aromatic nitrogens is 5. The summed E-state index contributed by atoms with van der Waals surface area (Å²) in [6.45, 7) is 4.65. The Hall–Kier alpha value is -2.55. The number of carbonyl (C=O) groups is 1. The second kappa shape index (κ2) is 8.22. The lowest BCUT2D eigenvalue weighted by atomic mass is 9.95. The minimum Gasteiger partial charge on any atom is -0.383 e. The molecule has 9 heteroatoms. The average molecular weight is 360 g/mol. The molecule has 1 amide bonds. The third-order valence-electron chi connectivity index (χ3n) is 4.70. The number of likely N-dealkylation sites (tertiary alicyclic amines) is 1. The molecule has 0 unspecified atom stereocenters. The van der Waals surface area contributed by atoms with Crippen molar-refractivity contribution in [3.8, 4) is 0 Å². The minimum atomic E-state index is -0.102. The molecule has 140 valence electrons. The van der Waals surface area contributed by atoms with Crippen molar-refractivity contribution in [2.24, 2.45) is 0 Å². The van der Waals surface area contributed by atoms with E-state index in [-0.39, 0.29) is 17.5 Å². The molecule has 0 spiro atoms. The van der Waals surface area contributed by atoms with Crippen LogP contribution in [0.3, 0.4) is 0 Å². The second-order valence-electron chi connectivity index (χ2n) is 6.26. The molecular formula is C17H24N6O3. The van der Waals surface area contributed by atoms with Gasteiger partial charge in [-0.05, 0) is 19.8 Å². The minimum absolute atomic E-state index is 0.0994. The van der Waals surface area contributed by atoms with E-state index in [0.29, 0.717) is 38.5 Å². The fourth-order valence-electron chi connectivity index (χ4n) is 3.29. The van der Waals surface area contributed by atoms with Crippen LogP contribution in [0, 0.1) is 0 Å². The largest absolute Gasteiger partial charge is 0.383 e. The van der Waals surface area contributed by atoms with Crippen LogP contribution in [-0.4, -0.2) is 61.9 Å². The summed E-state index contributed by atoms with van der Waals surface area (Å²) >= 11 is 0. The molecule has 1 saturated heterocycles. The van der Waals surface area contributed by atoms with E-state index in [0.717, 1.165) is 18.7 Å². The van der Waals surface area contributed by atoms with Crippen molar-refractivity contribution in [2.75, 3.05) is 26.8 Å². The molecule has 0 atom stereocenters. The van der Waals surface area contributed by atoms with Gasteiger partial charge in [0.25, 0.3) is 5.91 Å². The van der Waals surface area contributed by atoms with Crippen molar-refractivity contribution < 1.29 is 9.53 Å². The van der Waals surface area contributed by atoms with Crippen LogP contribution in [0.15, 0.2) is 23.4 Å². The van der Waals surface area contributed by atoms with Gasteiger partial charge in [0.1, 0.15) is 11.5 Å². The first kappa shape index (κ1) is 18.2. The number of ether oxygens (including phenoxy) is 1. The fourth-order valence-corrected chi connectivity index (χ4v) is 3.29. The van der Waals surface area contributed by atoms with Crippen molar-refractivity contribution in [1.29, 1.82) is 0 Å². The van der Waals surface area contributed by atoms with Gasteiger partial charge in [0, 0.05) is 45.1 Å². The Kier molecular flexibility index (Phi) is 5.77. The highest BCUT2D eigenvalue weighted by Gasteiger charge is 2.29. The Labute approximate surface area is 151 Å². The van der Waals surface area contributed by atoms with E-state index in [9.17, 15) is 9.59 Å². The Morgan fingerprint density at radius 2 is 2.08 bits per heavy atom. The number of carbonyl (C=O) groups excluding carboxylic acids is 1. The third kappa shape index (κ3) is 3.67. The van der Waals surface area contributed by atoms with Gasteiger partial charge in [-0.15, -0.1) is 0 Å². The molecule has 0 aromatic carbocycles. The first-order valence-corrected chi connectivity index (χ1v) is 8.87. The quantitative estimate of drug-likeness (QED) is 0.745. The molecule has 0 aliphatic carbocycles. The van der Waals surface area contributed by atoms with E-state index in [1.807, 2.05) is 6.92 Å². The zero-order valence-electron chi connectivity index (χ0n) is 15.2. The summed E-state index contributed by atoms with van der Waals surface area (Å²) < 4.78 is 8.24. The van der Waals surface area contributed by atoms with E-state index >= 15 is 0 Å². The molecule has 1 aliphatic rings. The van der Waals surface area contributed by atoms with Gasteiger partial charge in [-0.1, -0.05) is 0 Å². The van der Waals surface area contributed by atoms with Crippen LogP contribution in [-0.2, 0) is 17.8 Å². The molecule has 0 bridgehead atoms. The summed E-state index contributed by atoms with van der Waals surface area (Å²) in [4.78, 5) is 34.7. The lowest BCUT2D eigenvalue weighted by Crippen LogP contribution is -2.39. The van der Waals surface area contributed by atoms with Crippen LogP contribution in [0.1, 0.15) is 42.0 Å². The number of piperidine rings is 1. The van der Waals surface area contributed by atoms with E-state index < -0.39 is 0 Å². The lowest BCUT2D eigenvalue weighted by molar-refractivity contribution is 0.0703. The number of nitrogens with zero attached hydrogens (tertiary/aromatic N) is 6. The van der Waals surface area contributed by atoms with E-state index in [1.165, 1.54) is 17.1 Å². The Balaban J connectivity index is 1.70. The molecule has 2 aromatic heterocycles. The Morgan fingerprint density at radius 1 is 1.31 bits per heavy atom. The molecular weight excluding hydrogens is 336 g/mol. The molecule has 26 heavy (non-hydrogen) atoms. The van der Waals surface area contributed by atoms with Crippen molar-refractivity contribution in [3.63, 3.8) is 0 Å². The van der Waals surface area contributed by atoms with Gasteiger partial charge in [-0.25, -0.2) is 14.5 Å². The summed E-state index contributed by atoms with van der Waals surface area (Å²) in [6, 6.07) is 0. The molecule has 0 radical (unpaired) electrons. The molecule has 2 aromatic rings. The van der Waals surface area contributed by atoms with Gasteiger partial charge in [-0.3, -0.25) is 14.3 Å². The summed E-state index contributed by atoms with van der Waals surface area (Å²) in [5.74, 6) is 0.868. The highest BCUT2D eigenvalue weighted by Crippen LogP contribution is 2.26. The van der Waals surface area contributed by atoms with Gasteiger partial charge >= 0.3 is 5.69 Å². The topological polar surface area (TPSA) is 95.1 Å². The zero-order valence-corrected chi connectivity index (χ0v) is 15.2. The van der Waals surface area contributed by atoms with Crippen molar-refractivity contribution in [3.05, 3.63) is 40.6 Å². The maximum absolute atomic E-state index is 12.5. The number of hydrogen-bond acceptors (Lipinski definition) is 6. The van der Waals surface area contributed by atoms with Crippen molar-refractivity contribution in [1.82, 2.24) is 29.2 Å².